The minimum Gasteiger partial charge on any atom is -0.232 e. The molecule has 0 unspecified atom stereocenters. The Morgan fingerprint density at radius 2 is 2.31 bits per heavy atom. The molecule has 0 aliphatic carbocycles. The fourth-order valence-electron chi connectivity index (χ4n) is 1.08. The van der Waals surface area contributed by atoms with Crippen molar-refractivity contribution in [3.8, 4) is 0 Å². The highest BCUT2D eigenvalue weighted by Gasteiger charge is 1.99. The summed E-state index contributed by atoms with van der Waals surface area (Å²) in [6, 6.07) is 8.10. The lowest BCUT2D eigenvalue weighted by molar-refractivity contribution is 1.30. The molecule has 3 heteroatoms. The molecule has 2 nitrogen and oxygen atoms in total. The number of hydrogen-bond acceptors (Lipinski definition) is 3. The van der Waals surface area contributed by atoms with E-state index >= 15 is 0 Å². The van der Waals surface area contributed by atoms with E-state index in [0.717, 1.165) is 17.1 Å². The lowest BCUT2D eigenvalue weighted by atomic mass is 10.3. The van der Waals surface area contributed by atoms with E-state index in [1.807, 2.05) is 24.4 Å². The Morgan fingerprint density at radius 1 is 1.46 bits per heavy atom. The van der Waals surface area contributed by atoms with E-state index < -0.39 is 0 Å². The van der Waals surface area contributed by atoms with Crippen molar-refractivity contribution in [3.63, 3.8) is 0 Å². The molecular weight excluding hydrogens is 180 g/mol. The summed E-state index contributed by atoms with van der Waals surface area (Å²) in [5.74, 6) is 0. The third kappa shape index (κ3) is 1.75. The zero-order valence-corrected chi connectivity index (χ0v) is 8.21. The molecule has 0 bridgehead atoms. The largest absolute Gasteiger partial charge is 0.232 e. The number of nitrogens with zero attached hydrogens (tertiary/aromatic N) is 2. The van der Waals surface area contributed by atoms with Gasteiger partial charge in [0.2, 0.25) is 5.13 Å². The summed E-state index contributed by atoms with van der Waals surface area (Å²) in [6.45, 7) is 2.07. The fourth-order valence-corrected chi connectivity index (χ4v) is 1.92. The van der Waals surface area contributed by atoms with Crippen LogP contribution in [-0.2, 0) is 0 Å². The normalized spacial score (nSPS) is 11.5. The van der Waals surface area contributed by atoms with Gasteiger partial charge in [-0.15, -0.1) is 0 Å². The highest BCUT2D eigenvalue weighted by molar-refractivity contribution is 7.22. The van der Waals surface area contributed by atoms with E-state index in [0.29, 0.717) is 0 Å². The highest BCUT2D eigenvalue weighted by Crippen LogP contribution is 2.27. The van der Waals surface area contributed by atoms with Crippen LogP contribution < -0.4 is 0 Å². The topological polar surface area (TPSA) is 25.2 Å². The summed E-state index contributed by atoms with van der Waals surface area (Å²) in [5, 5.41) is 0.850. The molecule has 0 saturated carbocycles. The van der Waals surface area contributed by atoms with Crippen LogP contribution in [0.5, 0.6) is 0 Å². The van der Waals surface area contributed by atoms with Crippen LogP contribution in [-0.4, -0.2) is 11.2 Å². The first-order valence-electron chi connectivity index (χ1n) is 4.28. The second-order valence-electron chi connectivity index (χ2n) is 2.68. The predicted molar refractivity (Wildman–Crippen MR) is 58.1 cm³/mol. The predicted octanol–water partition coefficient (Wildman–Crippen LogP) is 3.41. The number of fused-ring (bicyclic) bond motifs is 1. The monoisotopic (exact) mass is 190 g/mol. The summed E-state index contributed by atoms with van der Waals surface area (Å²) >= 11 is 1.63. The van der Waals surface area contributed by atoms with Gasteiger partial charge in [-0.1, -0.05) is 30.4 Å². The van der Waals surface area contributed by atoms with Gasteiger partial charge in [0.1, 0.15) is 0 Å². The van der Waals surface area contributed by atoms with Crippen molar-refractivity contribution in [2.24, 2.45) is 4.99 Å². The Balaban J connectivity index is 2.44. The summed E-state index contributed by atoms with van der Waals surface area (Å²) in [7, 11) is 0. The molecule has 0 fully saturated rings. The lowest BCUT2D eigenvalue weighted by Crippen LogP contribution is -1.66. The van der Waals surface area contributed by atoms with Gasteiger partial charge in [-0.25, -0.2) is 9.98 Å². The Bertz CT molecular complexity index is 398. The van der Waals surface area contributed by atoms with Gasteiger partial charge in [0.15, 0.2) is 0 Å². The molecule has 66 valence electrons. The number of para-hydroxylation sites is 1. The van der Waals surface area contributed by atoms with E-state index in [1.54, 1.807) is 11.3 Å². The Morgan fingerprint density at radius 3 is 3.08 bits per heavy atom. The minimum absolute atomic E-state index is 0.850. The Labute approximate surface area is 81.0 Å². The SMILES string of the molecule is CC/C=N/c1nc2ccccc2s1. The second kappa shape index (κ2) is 3.66. The molecule has 0 aliphatic rings. The van der Waals surface area contributed by atoms with Crippen molar-refractivity contribution in [2.45, 2.75) is 13.3 Å². The molecule has 2 rings (SSSR count). The van der Waals surface area contributed by atoms with Gasteiger partial charge in [0, 0.05) is 6.21 Å². The Kier molecular flexibility index (Phi) is 2.36. The molecule has 2 aromatic rings. The van der Waals surface area contributed by atoms with Gasteiger partial charge in [-0.3, -0.25) is 0 Å². The molecular formula is C10H10N2S. The van der Waals surface area contributed by atoms with Crippen LogP contribution in [0.25, 0.3) is 10.2 Å². The van der Waals surface area contributed by atoms with Crippen LogP contribution in [0.3, 0.4) is 0 Å². The fraction of sp³-hybridized carbons (Fsp3) is 0.200. The molecule has 0 amide bonds. The first-order valence-corrected chi connectivity index (χ1v) is 5.10. The number of aromatic nitrogens is 1. The summed E-state index contributed by atoms with van der Waals surface area (Å²) in [4.78, 5) is 8.62. The molecule has 0 N–H and O–H groups in total. The molecule has 0 aliphatic heterocycles. The van der Waals surface area contributed by atoms with Gasteiger partial charge in [-0.05, 0) is 18.6 Å². The smallest absolute Gasteiger partial charge is 0.209 e. The van der Waals surface area contributed by atoms with Crippen LogP contribution in [0.15, 0.2) is 29.3 Å². The second-order valence-corrected chi connectivity index (χ2v) is 3.69. The molecule has 0 saturated heterocycles. The molecule has 1 aromatic heterocycles. The van der Waals surface area contributed by atoms with Gasteiger partial charge in [0.05, 0.1) is 10.2 Å². The van der Waals surface area contributed by atoms with Gasteiger partial charge < -0.3 is 0 Å². The average Bonchev–Trinajstić information content (AvgIpc) is 2.57. The quantitative estimate of drug-likeness (QED) is 0.666. The lowest BCUT2D eigenvalue weighted by Gasteiger charge is -1.80. The van der Waals surface area contributed by atoms with E-state index in [1.165, 1.54) is 4.70 Å². The molecule has 1 heterocycles. The van der Waals surface area contributed by atoms with E-state index in [2.05, 4.69) is 23.0 Å². The molecule has 13 heavy (non-hydrogen) atoms. The standard InChI is InChI=1S/C10H10N2S/c1-2-7-11-10-12-8-5-3-4-6-9(8)13-10/h3-7H,2H2,1H3/b11-7+. The van der Waals surface area contributed by atoms with Crippen molar-refractivity contribution >= 4 is 32.9 Å². The Hall–Kier alpha value is -1.22. The van der Waals surface area contributed by atoms with Crippen LogP contribution in [0, 0.1) is 0 Å². The molecule has 1 aromatic carbocycles. The van der Waals surface area contributed by atoms with Crippen molar-refractivity contribution in [2.75, 3.05) is 0 Å². The number of aliphatic imine (C=N–C) groups is 1. The van der Waals surface area contributed by atoms with E-state index in [4.69, 9.17) is 0 Å². The van der Waals surface area contributed by atoms with Crippen molar-refractivity contribution in [1.29, 1.82) is 0 Å². The number of rotatable bonds is 2. The number of hydrogen-bond donors (Lipinski definition) is 0. The minimum atomic E-state index is 0.850. The van der Waals surface area contributed by atoms with E-state index in [9.17, 15) is 0 Å². The van der Waals surface area contributed by atoms with Gasteiger partial charge in [0.25, 0.3) is 0 Å². The molecule has 0 spiro atoms. The van der Waals surface area contributed by atoms with Crippen LogP contribution in [0.1, 0.15) is 13.3 Å². The van der Waals surface area contributed by atoms with Crippen molar-refractivity contribution in [1.82, 2.24) is 4.98 Å². The first kappa shape index (κ1) is 8.38. The third-order valence-electron chi connectivity index (χ3n) is 1.67. The highest BCUT2D eigenvalue weighted by atomic mass is 32.1. The van der Waals surface area contributed by atoms with Crippen molar-refractivity contribution < 1.29 is 0 Å². The number of thiazole rings is 1. The third-order valence-corrected chi connectivity index (χ3v) is 2.61. The van der Waals surface area contributed by atoms with Gasteiger partial charge >= 0.3 is 0 Å². The summed E-state index contributed by atoms with van der Waals surface area (Å²) in [6.07, 6.45) is 2.84. The summed E-state index contributed by atoms with van der Waals surface area (Å²) < 4.78 is 1.20. The van der Waals surface area contributed by atoms with Crippen LogP contribution in [0.4, 0.5) is 5.13 Å². The average molecular weight is 190 g/mol. The number of benzene rings is 1. The zero-order valence-electron chi connectivity index (χ0n) is 7.40. The zero-order chi connectivity index (χ0) is 9.10. The molecule has 0 radical (unpaired) electrons. The van der Waals surface area contributed by atoms with Gasteiger partial charge in [-0.2, -0.15) is 0 Å². The molecule has 0 atom stereocenters. The maximum Gasteiger partial charge on any atom is 0.209 e. The first-order chi connectivity index (χ1) is 6.40. The summed E-state index contributed by atoms with van der Waals surface area (Å²) in [5.41, 5.74) is 1.04. The van der Waals surface area contributed by atoms with E-state index in [-0.39, 0.29) is 0 Å². The van der Waals surface area contributed by atoms with Crippen molar-refractivity contribution in [3.05, 3.63) is 24.3 Å². The van der Waals surface area contributed by atoms with Crippen LogP contribution >= 0.6 is 11.3 Å². The maximum absolute atomic E-state index is 4.37. The van der Waals surface area contributed by atoms with Crippen LogP contribution in [0.2, 0.25) is 0 Å². The maximum atomic E-state index is 4.37.